The van der Waals surface area contributed by atoms with Crippen molar-refractivity contribution in [3.8, 4) is 0 Å². The Hall–Kier alpha value is -2.11. The zero-order valence-corrected chi connectivity index (χ0v) is 15.3. The average Bonchev–Trinajstić information content (AvgIpc) is 2.49. The quantitative estimate of drug-likeness (QED) is 0.437. The third kappa shape index (κ3) is 33.0. The molecule has 0 unspecified atom stereocenters. The zero-order chi connectivity index (χ0) is 18.7. The second-order valence-corrected chi connectivity index (χ2v) is 4.17. The van der Waals surface area contributed by atoms with Crippen molar-refractivity contribution >= 4 is 17.9 Å². The van der Waals surface area contributed by atoms with Crippen LogP contribution in [-0.4, -0.2) is 37.2 Å². The van der Waals surface area contributed by atoms with Gasteiger partial charge in [-0.3, -0.25) is 14.4 Å². The highest BCUT2D eigenvalue weighted by Crippen LogP contribution is 1.97. The van der Waals surface area contributed by atoms with E-state index in [2.05, 4.69) is 9.47 Å². The zero-order valence-electron chi connectivity index (χ0n) is 15.3. The van der Waals surface area contributed by atoms with Gasteiger partial charge in [-0.25, -0.2) is 0 Å². The molecule has 0 bridgehead atoms. The fourth-order valence-corrected chi connectivity index (χ4v) is 0.771. The Morgan fingerprint density at radius 2 is 1.00 bits per heavy atom. The van der Waals surface area contributed by atoms with Crippen molar-refractivity contribution in [1.82, 2.24) is 0 Å². The van der Waals surface area contributed by atoms with Crippen LogP contribution in [0.15, 0.2) is 24.3 Å². The summed E-state index contributed by atoms with van der Waals surface area (Å²) < 4.78 is 14.0. The van der Waals surface area contributed by atoms with Gasteiger partial charge in [0, 0.05) is 20.8 Å². The molecule has 0 heterocycles. The first kappa shape index (κ1) is 25.8. The predicted octanol–water partition coefficient (Wildman–Crippen LogP) is 3.21. The summed E-state index contributed by atoms with van der Waals surface area (Å²) in [4.78, 5) is 31.6. The van der Waals surface area contributed by atoms with E-state index in [4.69, 9.17) is 4.74 Å². The maximum absolute atomic E-state index is 10.6. The molecule has 0 saturated heterocycles. The van der Waals surface area contributed by atoms with E-state index in [0.29, 0.717) is 0 Å². The molecular weight excluding hydrogens is 300 g/mol. The standard InChI is InChI=1S/C9H14O6.2C4H8/c1-6(10)13-4-9(15-8(3)12)5-14-7(2)11;2*1-3-4-2/h9H,4-5H2,1-3H3;2*3-4H,1-2H3/b;2*4-3-. The Bertz CT molecular complexity index is 335. The maximum Gasteiger partial charge on any atom is 0.303 e. The van der Waals surface area contributed by atoms with Crippen LogP contribution in [-0.2, 0) is 28.6 Å². The predicted molar refractivity (Wildman–Crippen MR) is 89.8 cm³/mol. The minimum absolute atomic E-state index is 0.123. The van der Waals surface area contributed by atoms with Crippen molar-refractivity contribution in [3.63, 3.8) is 0 Å². The smallest absolute Gasteiger partial charge is 0.303 e. The molecule has 0 amide bonds. The van der Waals surface area contributed by atoms with Crippen LogP contribution < -0.4 is 0 Å². The van der Waals surface area contributed by atoms with Crippen LogP contribution in [0.4, 0.5) is 0 Å². The van der Waals surface area contributed by atoms with Crippen molar-refractivity contribution in [1.29, 1.82) is 0 Å². The Morgan fingerprint density at radius 3 is 1.17 bits per heavy atom. The first-order valence-electron chi connectivity index (χ1n) is 7.33. The topological polar surface area (TPSA) is 78.9 Å². The number of carbonyl (C=O) groups excluding carboxylic acids is 3. The molecule has 0 aromatic heterocycles. The van der Waals surface area contributed by atoms with Gasteiger partial charge in [0.1, 0.15) is 13.2 Å². The molecule has 0 atom stereocenters. The van der Waals surface area contributed by atoms with Gasteiger partial charge in [0.15, 0.2) is 6.10 Å². The molecule has 6 nitrogen and oxygen atoms in total. The molecule has 0 fully saturated rings. The summed E-state index contributed by atoms with van der Waals surface area (Å²) in [5.74, 6) is -1.51. The van der Waals surface area contributed by atoms with Gasteiger partial charge in [0.05, 0.1) is 0 Å². The number of hydrogen-bond acceptors (Lipinski definition) is 6. The van der Waals surface area contributed by atoms with Crippen molar-refractivity contribution in [2.75, 3.05) is 13.2 Å². The minimum atomic E-state index is -0.754. The van der Waals surface area contributed by atoms with Crippen molar-refractivity contribution in [3.05, 3.63) is 24.3 Å². The van der Waals surface area contributed by atoms with Gasteiger partial charge in [-0.2, -0.15) is 0 Å². The maximum atomic E-state index is 10.6. The molecule has 0 aliphatic heterocycles. The first-order chi connectivity index (χ1) is 10.7. The van der Waals surface area contributed by atoms with Crippen LogP contribution >= 0.6 is 0 Å². The molecule has 0 saturated carbocycles. The molecule has 23 heavy (non-hydrogen) atoms. The Morgan fingerprint density at radius 1 is 0.696 bits per heavy atom. The lowest BCUT2D eigenvalue weighted by molar-refractivity contribution is -0.163. The van der Waals surface area contributed by atoms with Gasteiger partial charge in [-0.15, -0.1) is 0 Å². The van der Waals surface area contributed by atoms with Crippen molar-refractivity contribution < 1.29 is 28.6 Å². The number of carbonyl (C=O) groups is 3. The lowest BCUT2D eigenvalue weighted by Crippen LogP contribution is -2.29. The Kier molecular flexibility index (Phi) is 22.3. The SMILES string of the molecule is C/C=C\C.C/C=C\C.CC(=O)OCC(COC(C)=O)OC(C)=O. The van der Waals surface area contributed by atoms with Crippen molar-refractivity contribution in [2.24, 2.45) is 0 Å². The summed E-state index contributed by atoms with van der Waals surface area (Å²) in [6.07, 6.45) is 7.25. The van der Waals surface area contributed by atoms with Crippen LogP contribution in [0.5, 0.6) is 0 Å². The number of hydrogen-bond donors (Lipinski definition) is 0. The average molecular weight is 330 g/mol. The summed E-state index contributed by atoms with van der Waals surface area (Å²) in [6.45, 7) is 11.4. The minimum Gasteiger partial charge on any atom is -0.462 e. The van der Waals surface area contributed by atoms with Crippen molar-refractivity contribution in [2.45, 2.75) is 54.6 Å². The number of rotatable bonds is 5. The molecular formula is C17H30O6. The van der Waals surface area contributed by atoms with E-state index in [-0.39, 0.29) is 13.2 Å². The van der Waals surface area contributed by atoms with Gasteiger partial charge in [-0.05, 0) is 27.7 Å². The van der Waals surface area contributed by atoms with Crippen LogP contribution in [0, 0.1) is 0 Å². The molecule has 0 rings (SSSR count). The van der Waals surface area contributed by atoms with Crippen LogP contribution in [0.25, 0.3) is 0 Å². The summed E-state index contributed by atoms with van der Waals surface area (Å²) in [5.41, 5.74) is 0. The first-order valence-corrected chi connectivity index (χ1v) is 7.33. The van der Waals surface area contributed by atoms with Crippen LogP contribution in [0.3, 0.4) is 0 Å². The molecule has 0 radical (unpaired) electrons. The fourth-order valence-electron chi connectivity index (χ4n) is 0.771. The van der Waals surface area contributed by atoms with E-state index in [1.807, 2.05) is 52.0 Å². The molecule has 0 spiro atoms. The van der Waals surface area contributed by atoms with E-state index < -0.39 is 24.0 Å². The number of esters is 3. The molecule has 6 heteroatoms. The van der Waals surface area contributed by atoms with Gasteiger partial charge in [0.25, 0.3) is 0 Å². The molecule has 0 aromatic rings. The van der Waals surface area contributed by atoms with E-state index in [9.17, 15) is 14.4 Å². The number of allylic oxidation sites excluding steroid dienone is 4. The summed E-state index contributed by atoms with van der Waals surface area (Å²) in [6, 6.07) is 0. The summed E-state index contributed by atoms with van der Waals surface area (Å²) >= 11 is 0. The second-order valence-electron chi connectivity index (χ2n) is 4.17. The third-order valence-corrected chi connectivity index (χ3v) is 1.94. The van der Waals surface area contributed by atoms with Gasteiger partial charge >= 0.3 is 17.9 Å². The Labute approximate surface area is 139 Å². The fraction of sp³-hybridized carbons (Fsp3) is 0.588. The molecule has 0 N–H and O–H groups in total. The largest absolute Gasteiger partial charge is 0.462 e. The lowest BCUT2D eigenvalue weighted by atomic mass is 10.4. The lowest BCUT2D eigenvalue weighted by Gasteiger charge is -2.15. The molecule has 0 aromatic carbocycles. The summed E-state index contributed by atoms with van der Waals surface area (Å²) in [7, 11) is 0. The van der Waals surface area contributed by atoms with E-state index >= 15 is 0 Å². The van der Waals surface area contributed by atoms with Gasteiger partial charge in [-0.1, -0.05) is 24.3 Å². The normalized spacial score (nSPS) is 9.57. The van der Waals surface area contributed by atoms with E-state index in [0.717, 1.165) is 0 Å². The highest BCUT2D eigenvalue weighted by Gasteiger charge is 2.15. The number of ether oxygens (including phenoxy) is 3. The highest BCUT2D eigenvalue weighted by atomic mass is 16.6. The molecule has 0 aliphatic carbocycles. The third-order valence-electron chi connectivity index (χ3n) is 1.94. The second kappa shape index (κ2) is 19.9. The van der Waals surface area contributed by atoms with Crippen LogP contribution in [0.2, 0.25) is 0 Å². The van der Waals surface area contributed by atoms with E-state index in [1.54, 1.807) is 0 Å². The van der Waals surface area contributed by atoms with Crippen LogP contribution in [0.1, 0.15) is 48.5 Å². The molecule has 0 aliphatic rings. The monoisotopic (exact) mass is 330 g/mol. The Balaban J connectivity index is -0.000000413. The van der Waals surface area contributed by atoms with Gasteiger partial charge in [0.2, 0.25) is 0 Å². The molecule has 134 valence electrons. The highest BCUT2D eigenvalue weighted by molar-refractivity contribution is 5.67. The van der Waals surface area contributed by atoms with Gasteiger partial charge < -0.3 is 14.2 Å². The van der Waals surface area contributed by atoms with E-state index in [1.165, 1.54) is 20.8 Å². The summed E-state index contributed by atoms with van der Waals surface area (Å²) in [5, 5.41) is 0.